The topological polar surface area (TPSA) is 52.3 Å². The van der Waals surface area contributed by atoms with Crippen LogP contribution < -0.4 is 5.73 Å². The van der Waals surface area contributed by atoms with E-state index in [9.17, 15) is 4.79 Å². The molecule has 1 aliphatic heterocycles. The van der Waals surface area contributed by atoms with Crippen LogP contribution >= 0.6 is 0 Å². The Morgan fingerprint density at radius 3 is 2.82 bits per heavy atom. The van der Waals surface area contributed by atoms with E-state index in [0.29, 0.717) is 17.9 Å². The second-order valence-corrected chi connectivity index (χ2v) is 2.53. The van der Waals surface area contributed by atoms with Gasteiger partial charge in [-0.05, 0) is 19.9 Å². The zero-order valence-electron chi connectivity index (χ0n) is 6.68. The van der Waals surface area contributed by atoms with Crippen molar-refractivity contribution in [2.45, 2.75) is 13.8 Å². The maximum Gasteiger partial charge on any atom is 0.161 e. The molecule has 0 atom stereocenters. The first-order valence-corrected chi connectivity index (χ1v) is 3.42. The highest BCUT2D eigenvalue weighted by molar-refractivity contribution is 5.94. The summed E-state index contributed by atoms with van der Waals surface area (Å²) in [5.41, 5.74) is 6.67. The highest BCUT2D eigenvalue weighted by atomic mass is 16.5. The van der Waals surface area contributed by atoms with Crippen molar-refractivity contribution in [2.24, 2.45) is 5.73 Å². The SMILES string of the molecule is CC(=O)C1=C(N)C=C(C)OC1. The fourth-order valence-electron chi connectivity index (χ4n) is 0.922. The van der Waals surface area contributed by atoms with Crippen molar-refractivity contribution in [2.75, 3.05) is 6.61 Å². The molecular weight excluding hydrogens is 142 g/mol. The molecule has 3 nitrogen and oxygen atoms in total. The minimum absolute atomic E-state index is 0.0220. The first-order chi connectivity index (χ1) is 5.11. The largest absolute Gasteiger partial charge is 0.493 e. The molecule has 0 fully saturated rings. The number of carbonyl (C=O) groups excluding carboxylic acids is 1. The molecule has 0 radical (unpaired) electrons. The first-order valence-electron chi connectivity index (χ1n) is 3.42. The Morgan fingerprint density at radius 2 is 2.36 bits per heavy atom. The van der Waals surface area contributed by atoms with E-state index >= 15 is 0 Å². The van der Waals surface area contributed by atoms with Gasteiger partial charge in [0.05, 0.1) is 11.3 Å². The number of hydrogen-bond donors (Lipinski definition) is 1. The van der Waals surface area contributed by atoms with Gasteiger partial charge >= 0.3 is 0 Å². The van der Waals surface area contributed by atoms with Gasteiger partial charge in [0.2, 0.25) is 0 Å². The number of allylic oxidation sites excluding steroid dienone is 2. The lowest BCUT2D eigenvalue weighted by Crippen LogP contribution is -2.16. The zero-order valence-corrected chi connectivity index (χ0v) is 6.68. The Hall–Kier alpha value is -1.25. The van der Waals surface area contributed by atoms with Gasteiger partial charge in [-0.1, -0.05) is 0 Å². The van der Waals surface area contributed by atoms with Gasteiger partial charge in [-0.2, -0.15) is 0 Å². The maximum absolute atomic E-state index is 10.9. The van der Waals surface area contributed by atoms with Gasteiger partial charge in [-0.15, -0.1) is 0 Å². The molecule has 0 aromatic heterocycles. The van der Waals surface area contributed by atoms with Crippen LogP contribution in [-0.4, -0.2) is 12.4 Å². The van der Waals surface area contributed by atoms with Crippen molar-refractivity contribution in [3.05, 3.63) is 23.1 Å². The quantitative estimate of drug-likeness (QED) is 0.604. The van der Waals surface area contributed by atoms with Gasteiger partial charge in [0.15, 0.2) is 5.78 Å². The van der Waals surface area contributed by atoms with Crippen LogP contribution in [0.2, 0.25) is 0 Å². The van der Waals surface area contributed by atoms with E-state index in [4.69, 9.17) is 10.5 Å². The lowest BCUT2D eigenvalue weighted by Gasteiger charge is -2.14. The molecule has 1 rings (SSSR count). The van der Waals surface area contributed by atoms with Crippen LogP contribution in [0.25, 0.3) is 0 Å². The standard InChI is InChI=1S/C8H11NO2/c1-5-3-8(9)7(4-11-5)6(2)10/h3H,4,9H2,1-2H3. The minimum Gasteiger partial charge on any atom is -0.493 e. The summed E-state index contributed by atoms with van der Waals surface area (Å²) in [4.78, 5) is 10.9. The Labute approximate surface area is 65.5 Å². The van der Waals surface area contributed by atoms with Crippen molar-refractivity contribution in [3.63, 3.8) is 0 Å². The molecule has 1 heterocycles. The van der Waals surface area contributed by atoms with E-state index in [1.807, 2.05) is 6.92 Å². The molecule has 0 unspecified atom stereocenters. The van der Waals surface area contributed by atoms with E-state index < -0.39 is 0 Å². The number of ether oxygens (including phenoxy) is 1. The van der Waals surface area contributed by atoms with Gasteiger partial charge in [0, 0.05) is 5.70 Å². The summed E-state index contributed by atoms with van der Waals surface area (Å²) in [7, 11) is 0. The lowest BCUT2D eigenvalue weighted by atomic mass is 10.1. The second kappa shape index (κ2) is 2.78. The predicted molar refractivity (Wildman–Crippen MR) is 41.6 cm³/mol. The van der Waals surface area contributed by atoms with Crippen molar-refractivity contribution >= 4 is 5.78 Å². The molecule has 0 amide bonds. The van der Waals surface area contributed by atoms with E-state index in [1.54, 1.807) is 6.08 Å². The Kier molecular flexibility index (Phi) is 1.98. The number of carbonyl (C=O) groups is 1. The van der Waals surface area contributed by atoms with Gasteiger partial charge in [0.25, 0.3) is 0 Å². The Bertz CT molecular complexity index is 251. The third kappa shape index (κ3) is 1.61. The molecule has 60 valence electrons. The molecule has 0 saturated carbocycles. The smallest absolute Gasteiger partial charge is 0.161 e. The molecular formula is C8H11NO2. The van der Waals surface area contributed by atoms with Crippen molar-refractivity contribution in [3.8, 4) is 0 Å². The van der Waals surface area contributed by atoms with E-state index in [2.05, 4.69) is 0 Å². The summed E-state index contributed by atoms with van der Waals surface area (Å²) in [6.07, 6.45) is 1.67. The number of rotatable bonds is 1. The van der Waals surface area contributed by atoms with Crippen molar-refractivity contribution < 1.29 is 9.53 Å². The molecule has 1 aliphatic rings. The number of nitrogens with two attached hydrogens (primary N) is 1. The van der Waals surface area contributed by atoms with Crippen LogP contribution in [-0.2, 0) is 9.53 Å². The molecule has 0 saturated heterocycles. The van der Waals surface area contributed by atoms with Gasteiger partial charge in [-0.3, -0.25) is 4.79 Å². The van der Waals surface area contributed by atoms with Gasteiger partial charge < -0.3 is 10.5 Å². The number of hydrogen-bond acceptors (Lipinski definition) is 3. The van der Waals surface area contributed by atoms with E-state index in [-0.39, 0.29) is 5.78 Å². The zero-order chi connectivity index (χ0) is 8.43. The van der Waals surface area contributed by atoms with Crippen LogP contribution in [0.1, 0.15) is 13.8 Å². The van der Waals surface area contributed by atoms with Gasteiger partial charge in [-0.25, -0.2) is 0 Å². The van der Waals surface area contributed by atoms with Crippen molar-refractivity contribution in [1.82, 2.24) is 0 Å². The van der Waals surface area contributed by atoms with Gasteiger partial charge in [0.1, 0.15) is 6.61 Å². The third-order valence-corrected chi connectivity index (χ3v) is 1.58. The average Bonchev–Trinajstić information content (AvgIpc) is 1.85. The molecule has 0 spiro atoms. The summed E-state index contributed by atoms with van der Waals surface area (Å²) in [6.45, 7) is 3.60. The minimum atomic E-state index is -0.0220. The molecule has 2 N–H and O–H groups in total. The summed E-state index contributed by atoms with van der Waals surface area (Å²) in [5.74, 6) is 0.735. The van der Waals surface area contributed by atoms with Crippen LogP contribution in [0.3, 0.4) is 0 Å². The summed E-state index contributed by atoms with van der Waals surface area (Å²) < 4.78 is 5.12. The van der Waals surface area contributed by atoms with Crippen LogP contribution in [0, 0.1) is 0 Å². The Morgan fingerprint density at radius 1 is 1.73 bits per heavy atom. The summed E-state index contributed by atoms with van der Waals surface area (Å²) in [6, 6.07) is 0. The third-order valence-electron chi connectivity index (χ3n) is 1.58. The number of ketones is 1. The summed E-state index contributed by atoms with van der Waals surface area (Å²) in [5, 5.41) is 0. The molecule has 0 aromatic rings. The van der Waals surface area contributed by atoms with Crippen molar-refractivity contribution in [1.29, 1.82) is 0 Å². The lowest BCUT2D eigenvalue weighted by molar-refractivity contribution is -0.114. The molecule has 0 aliphatic carbocycles. The fraction of sp³-hybridized carbons (Fsp3) is 0.375. The highest BCUT2D eigenvalue weighted by Gasteiger charge is 2.12. The highest BCUT2D eigenvalue weighted by Crippen LogP contribution is 2.13. The molecule has 0 aromatic carbocycles. The normalized spacial score (nSPS) is 17.5. The van der Waals surface area contributed by atoms with E-state index in [1.165, 1.54) is 6.92 Å². The average molecular weight is 153 g/mol. The van der Waals surface area contributed by atoms with Crippen LogP contribution in [0.4, 0.5) is 0 Å². The summed E-state index contributed by atoms with van der Waals surface area (Å²) >= 11 is 0. The number of Topliss-reactive ketones (excluding diaryl/α,β-unsaturated/α-hetero) is 1. The second-order valence-electron chi connectivity index (χ2n) is 2.53. The molecule has 0 bridgehead atoms. The fourth-order valence-corrected chi connectivity index (χ4v) is 0.922. The maximum atomic E-state index is 10.9. The molecule has 3 heteroatoms. The first kappa shape index (κ1) is 7.85. The molecule has 11 heavy (non-hydrogen) atoms. The van der Waals surface area contributed by atoms with Crippen LogP contribution in [0.5, 0.6) is 0 Å². The van der Waals surface area contributed by atoms with E-state index in [0.717, 1.165) is 5.76 Å². The monoisotopic (exact) mass is 153 g/mol. The predicted octanol–water partition coefficient (Wildman–Crippen LogP) is 0.722. The van der Waals surface area contributed by atoms with Crippen LogP contribution in [0.15, 0.2) is 23.1 Å². The Balaban J connectivity index is 2.95.